The second-order valence-corrected chi connectivity index (χ2v) is 6.80. The van der Waals surface area contributed by atoms with Crippen LogP contribution >= 0.6 is 15.9 Å². The highest BCUT2D eigenvalue weighted by molar-refractivity contribution is 9.10. The molecule has 3 unspecified atom stereocenters. The molecule has 1 saturated heterocycles. The lowest BCUT2D eigenvalue weighted by Gasteiger charge is -2.33. The summed E-state index contributed by atoms with van der Waals surface area (Å²) in [5, 5.41) is 9.27. The first-order valence-electron chi connectivity index (χ1n) is 7.36. The Morgan fingerprint density at radius 2 is 1.90 bits per heavy atom. The van der Waals surface area contributed by atoms with E-state index < -0.39 is 12.0 Å². The molecule has 0 spiro atoms. The van der Waals surface area contributed by atoms with Crippen molar-refractivity contribution in [1.82, 2.24) is 4.90 Å². The Morgan fingerprint density at radius 3 is 2.57 bits per heavy atom. The lowest BCUT2D eigenvalue weighted by Crippen LogP contribution is -2.48. The molecule has 1 aliphatic heterocycles. The molecule has 0 radical (unpaired) electrons. The number of hydrogen-bond acceptors (Lipinski definition) is 2. The maximum absolute atomic E-state index is 12.6. The smallest absolute Gasteiger partial charge is 0.326 e. The van der Waals surface area contributed by atoms with Gasteiger partial charge in [-0.05, 0) is 49.3 Å². The predicted octanol–water partition coefficient (Wildman–Crippen LogP) is 3.02. The number of hydrogen-bond donors (Lipinski definition) is 1. The Labute approximate surface area is 132 Å². The lowest BCUT2D eigenvalue weighted by molar-refractivity contribution is -0.152. The largest absolute Gasteiger partial charge is 0.480 e. The molecule has 1 amide bonds. The van der Waals surface area contributed by atoms with Crippen molar-refractivity contribution >= 4 is 27.8 Å². The van der Waals surface area contributed by atoms with Crippen LogP contribution in [-0.2, 0) is 9.59 Å². The zero-order valence-electron chi connectivity index (χ0n) is 11.7. The number of halogens is 1. The van der Waals surface area contributed by atoms with Crippen molar-refractivity contribution < 1.29 is 14.7 Å². The van der Waals surface area contributed by atoms with Gasteiger partial charge in [0, 0.05) is 16.9 Å². The van der Waals surface area contributed by atoms with Crippen molar-refractivity contribution in [2.24, 2.45) is 5.92 Å². The van der Waals surface area contributed by atoms with Crippen molar-refractivity contribution in [3.8, 4) is 0 Å². The molecule has 3 rings (SSSR count). The summed E-state index contributed by atoms with van der Waals surface area (Å²) >= 11 is 3.40. The number of likely N-dealkylation sites (tertiary alicyclic amines) is 1. The van der Waals surface area contributed by atoms with Crippen molar-refractivity contribution in [2.75, 3.05) is 6.54 Å². The molecule has 0 aromatic heterocycles. The van der Waals surface area contributed by atoms with Gasteiger partial charge in [0.2, 0.25) is 5.91 Å². The number of aliphatic carboxylic acids is 1. The molecule has 1 aromatic carbocycles. The van der Waals surface area contributed by atoms with Crippen molar-refractivity contribution in [3.05, 3.63) is 34.3 Å². The van der Waals surface area contributed by atoms with Crippen molar-refractivity contribution in [2.45, 2.75) is 37.6 Å². The Hall–Kier alpha value is -1.36. The van der Waals surface area contributed by atoms with Crippen LogP contribution in [0.3, 0.4) is 0 Å². The van der Waals surface area contributed by atoms with E-state index in [0.29, 0.717) is 13.0 Å². The molecule has 1 aliphatic carbocycles. The summed E-state index contributed by atoms with van der Waals surface area (Å²) < 4.78 is 1.02. The van der Waals surface area contributed by atoms with E-state index in [1.807, 2.05) is 24.3 Å². The fraction of sp³-hybridized carbons (Fsp3) is 0.500. The van der Waals surface area contributed by atoms with E-state index in [9.17, 15) is 14.7 Å². The first kappa shape index (κ1) is 14.6. The van der Waals surface area contributed by atoms with E-state index in [-0.39, 0.29) is 17.7 Å². The van der Waals surface area contributed by atoms with Crippen LogP contribution < -0.4 is 0 Å². The maximum Gasteiger partial charge on any atom is 0.326 e. The standard InChI is InChI=1S/C16H18BrNO3/c17-11-6-4-10(5-7-11)12-9-13(12)15(19)18-8-2-1-3-14(18)16(20)21/h4-7,12-14H,1-3,8-9H2,(H,20,21). The second kappa shape index (κ2) is 5.79. The van der Waals surface area contributed by atoms with Gasteiger partial charge in [0.25, 0.3) is 0 Å². The number of rotatable bonds is 3. The number of benzene rings is 1. The number of piperidine rings is 1. The van der Waals surface area contributed by atoms with Gasteiger partial charge in [-0.25, -0.2) is 4.79 Å². The number of carboxylic acid groups (broad SMARTS) is 1. The topological polar surface area (TPSA) is 57.6 Å². The Balaban J connectivity index is 1.69. The Morgan fingerprint density at radius 1 is 1.19 bits per heavy atom. The molecule has 1 aromatic rings. The summed E-state index contributed by atoms with van der Waals surface area (Å²) in [5.74, 6) is -0.632. The Bertz CT molecular complexity index is 557. The SMILES string of the molecule is O=C(O)C1CCCCN1C(=O)C1CC1c1ccc(Br)cc1. The summed E-state index contributed by atoms with van der Waals surface area (Å²) in [6.07, 6.45) is 3.22. The summed E-state index contributed by atoms with van der Waals surface area (Å²) in [6.45, 7) is 0.583. The highest BCUT2D eigenvalue weighted by Gasteiger charge is 2.48. The molecule has 112 valence electrons. The number of carboxylic acids is 1. The van der Waals surface area contributed by atoms with Gasteiger partial charge in [-0.2, -0.15) is 0 Å². The number of carbonyl (C=O) groups excluding carboxylic acids is 1. The van der Waals surface area contributed by atoms with Gasteiger partial charge in [-0.3, -0.25) is 4.79 Å². The monoisotopic (exact) mass is 351 g/mol. The normalized spacial score (nSPS) is 28.2. The lowest BCUT2D eigenvalue weighted by atomic mass is 10.0. The van der Waals surface area contributed by atoms with E-state index in [4.69, 9.17) is 0 Å². The zero-order chi connectivity index (χ0) is 15.0. The summed E-state index contributed by atoms with van der Waals surface area (Å²) in [7, 11) is 0. The van der Waals surface area contributed by atoms with Gasteiger partial charge >= 0.3 is 5.97 Å². The number of nitrogens with zero attached hydrogens (tertiary/aromatic N) is 1. The van der Waals surface area contributed by atoms with Crippen LogP contribution in [0.4, 0.5) is 0 Å². The van der Waals surface area contributed by atoms with Crippen LogP contribution in [0.1, 0.15) is 37.2 Å². The van der Waals surface area contributed by atoms with Crippen LogP contribution in [0.15, 0.2) is 28.7 Å². The van der Waals surface area contributed by atoms with Crippen LogP contribution in [0.2, 0.25) is 0 Å². The molecule has 1 N–H and O–H groups in total. The van der Waals surface area contributed by atoms with Gasteiger partial charge in [-0.15, -0.1) is 0 Å². The molecular formula is C16H18BrNO3. The third-order valence-electron chi connectivity index (χ3n) is 4.48. The number of amides is 1. The highest BCUT2D eigenvalue weighted by atomic mass is 79.9. The third kappa shape index (κ3) is 2.98. The molecule has 21 heavy (non-hydrogen) atoms. The van der Waals surface area contributed by atoms with Crippen LogP contribution in [0.5, 0.6) is 0 Å². The van der Waals surface area contributed by atoms with Gasteiger partial charge in [-0.1, -0.05) is 28.1 Å². The molecular weight excluding hydrogens is 334 g/mol. The summed E-state index contributed by atoms with van der Waals surface area (Å²) in [6, 6.07) is 7.41. The van der Waals surface area contributed by atoms with Gasteiger partial charge in [0.1, 0.15) is 6.04 Å². The average Bonchev–Trinajstić information content (AvgIpc) is 3.27. The first-order chi connectivity index (χ1) is 10.1. The predicted molar refractivity (Wildman–Crippen MR) is 82.0 cm³/mol. The minimum Gasteiger partial charge on any atom is -0.480 e. The molecule has 5 heteroatoms. The molecule has 0 bridgehead atoms. The minimum absolute atomic E-state index is 0.0232. The van der Waals surface area contributed by atoms with Crippen LogP contribution in [0, 0.1) is 5.92 Å². The molecule has 4 nitrogen and oxygen atoms in total. The maximum atomic E-state index is 12.6. The quantitative estimate of drug-likeness (QED) is 0.910. The molecule has 2 fully saturated rings. The van der Waals surface area contributed by atoms with E-state index in [1.165, 1.54) is 5.56 Å². The molecule has 2 aliphatic rings. The molecule has 1 saturated carbocycles. The van der Waals surface area contributed by atoms with Gasteiger partial charge in [0.05, 0.1) is 0 Å². The Kier molecular flexibility index (Phi) is 4.02. The van der Waals surface area contributed by atoms with Crippen molar-refractivity contribution in [3.63, 3.8) is 0 Å². The highest BCUT2D eigenvalue weighted by Crippen LogP contribution is 2.49. The number of carbonyl (C=O) groups is 2. The van der Waals surface area contributed by atoms with Gasteiger partial charge in [0.15, 0.2) is 0 Å². The minimum atomic E-state index is -0.871. The van der Waals surface area contributed by atoms with Crippen molar-refractivity contribution in [1.29, 1.82) is 0 Å². The zero-order valence-corrected chi connectivity index (χ0v) is 13.3. The first-order valence-corrected chi connectivity index (χ1v) is 8.16. The van der Waals surface area contributed by atoms with E-state index in [2.05, 4.69) is 15.9 Å². The summed E-state index contributed by atoms with van der Waals surface area (Å²) in [5.41, 5.74) is 1.17. The van der Waals surface area contributed by atoms with Crippen LogP contribution in [0.25, 0.3) is 0 Å². The summed E-state index contributed by atoms with van der Waals surface area (Å²) in [4.78, 5) is 25.5. The van der Waals surface area contributed by atoms with E-state index in [0.717, 1.165) is 23.7 Å². The molecule has 3 atom stereocenters. The fourth-order valence-corrected chi connectivity index (χ4v) is 3.48. The fourth-order valence-electron chi connectivity index (χ4n) is 3.21. The van der Waals surface area contributed by atoms with Crippen LogP contribution in [-0.4, -0.2) is 34.5 Å². The van der Waals surface area contributed by atoms with E-state index in [1.54, 1.807) is 4.90 Å². The van der Waals surface area contributed by atoms with E-state index >= 15 is 0 Å². The average molecular weight is 352 g/mol. The van der Waals surface area contributed by atoms with Gasteiger partial charge < -0.3 is 10.0 Å². The third-order valence-corrected chi connectivity index (χ3v) is 5.01. The second-order valence-electron chi connectivity index (χ2n) is 5.88. The molecule has 1 heterocycles.